The SMILES string of the molecule is NC(=O)C#Cc1ccc2c(c1)NC(=O)/C2=C(\Nc1ccc(CN2CCCC2)cc1)c1ccccc1. The Morgan fingerprint density at radius 2 is 1.74 bits per heavy atom. The lowest BCUT2D eigenvalue weighted by molar-refractivity contribution is -0.113. The summed E-state index contributed by atoms with van der Waals surface area (Å²) >= 11 is 0. The number of nitrogens with two attached hydrogens (primary N) is 1. The van der Waals surface area contributed by atoms with E-state index >= 15 is 0 Å². The number of anilines is 2. The van der Waals surface area contributed by atoms with Crippen molar-refractivity contribution in [2.75, 3.05) is 23.7 Å². The lowest BCUT2D eigenvalue weighted by Gasteiger charge is -2.17. The maximum absolute atomic E-state index is 13.1. The minimum atomic E-state index is -0.697. The first kappa shape index (κ1) is 22.5. The first-order chi connectivity index (χ1) is 17.1. The summed E-state index contributed by atoms with van der Waals surface area (Å²) in [6.45, 7) is 3.28. The van der Waals surface area contributed by atoms with Crippen LogP contribution in [0, 0.1) is 11.8 Å². The van der Waals surface area contributed by atoms with Gasteiger partial charge in [-0.2, -0.15) is 0 Å². The zero-order valence-corrected chi connectivity index (χ0v) is 19.3. The quantitative estimate of drug-likeness (QED) is 0.394. The van der Waals surface area contributed by atoms with E-state index in [9.17, 15) is 9.59 Å². The second-order valence-electron chi connectivity index (χ2n) is 8.75. The van der Waals surface area contributed by atoms with E-state index in [4.69, 9.17) is 5.73 Å². The van der Waals surface area contributed by atoms with E-state index in [0.29, 0.717) is 16.8 Å². The molecule has 4 N–H and O–H groups in total. The Kier molecular flexibility index (Phi) is 6.34. The fraction of sp³-hybridized carbons (Fsp3) is 0.172. The van der Waals surface area contributed by atoms with Crippen molar-refractivity contribution in [3.63, 3.8) is 0 Å². The number of carbonyl (C=O) groups is 2. The lowest BCUT2D eigenvalue weighted by atomic mass is 9.99. The minimum Gasteiger partial charge on any atom is -0.359 e. The molecule has 2 aliphatic rings. The van der Waals surface area contributed by atoms with Crippen LogP contribution in [0.15, 0.2) is 72.8 Å². The highest BCUT2D eigenvalue weighted by molar-refractivity contribution is 6.37. The van der Waals surface area contributed by atoms with E-state index in [1.165, 1.54) is 18.4 Å². The standard InChI is InChI=1S/C29H26N4O2/c30-26(34)15-11-20-10-14-24-25(18-20)32-29(35)27(24)28(22-6-2-1-3-7-22)31-23-12-8-21(9-13-23)19-33-16-4-5-17-33/h1-3,6-10,12-14,18,31H,4-5,16-17,19H2,(H2,30,34)(H,32,35)/b28-27-. The number of carbonyl (C=O) groups excluding carboxylic acids is 2. The summed E-state index contributed by atoms with van der Waals surface area (Å²) in [4.78, 5) is 26.6. The molecule has 0 aromatic heterocycles. The molecule has 2 heterocycles. The molecule has 3 aromatic rings. The summed E-state index contributed by atoms with van der Waals surface area (Å²) in [5.74, 6) is 4.16. The Morgan fingerprint density at radius 3 is 2.46 bits per heavy atom. The molecule has 3 aromatic carbocycles. The third kappa shape index (κ3) is 5.11. The molecule has 2 aliphatic heterocycles. The molecule has 0 bridgehead atoms. The largest absolute Gasteiger partial charge is 0.359 e. The predicted molar refractivity (Wildman–Crippen MR) is 139 cm³/mol. The van der Waals surface area contributed by atoms with Crippen LogP contribution in [-0.4, -0.2) is 29.8 Å². The number of nitrogens with one attached hydrogen (secondary N) is 2. The molecular formula is C29H26N4O2. The molecule has 6 heteroatoms. The fourth-order valence-electron chi connectivity index (χ4n) is 4.55. The average molecular weight is 463 g/mol. The van der Waals surface area contributed by atoms with Crippen LogP contribution in [0.2, 0.25) is 0 Å². The van der Waals surface area contributed by atoms with Gasteiger partial charge in [-0.1, -0.05) is 54.5 Å². The lowest BCUT2D eigenvalue weighted by Crippen LogP contribution is -2.18. The monoisotopic (exact) mass is 462 g/mol. The van der Waals surface area contributed by atoms with Gasteiger partial charge in [0.25, 0.3) is 11.8 Å². The molecule has 0 radical (unpaired) electrons. The van der Waals surface area contributed by atoms with Gasteiger partial charge in [-0.25, -0.2) is 0 Å². The van der Waals surface area contributed by atoms with Crippen molar-refractivity contribution < 1.29 is 9.59 Å². The first-order valence-corrected chi connectivity index (χ1v) is 11.7. The Morgan fingerprint density at radius 1 is 1.00 bits per heavy atom. The zero-order chi connectivity index (χ0) is 24.2. The maximum atomic E-state index is 13.1. The number of hydrogen-bond acceptors (Lipinski definition) is 4. The van der Waals surface area contributed by atoms with E-state index in [-0.39, 0.29) is 5.91 Å². The summed E-state index contributed by atoms with van der Waals surface area (Å²) in [6, 6.07) is 23.6. The Balaban J connectivity index is 1.49. The summed E-state index contributed by atoms with van der Waals surface area (Å²) in [5, 5.41) is 6.43. The average Bonchev–Trinajstić information content (AvgIpc) is 3.49. The molecule has 174 valence electrons. The van der Waals surface area contributed by atoms with Gasteiger partial charge in [0.05, 0.1) is 17.0 Å². The molecule has 5 rings (SSSR count). The van der Waals surface area contributed by atoms with Gasteiger partial charge in [0.2, 0.25) is 0 Å². The molecular weight excluding hydrogens is 436 g/mol. The van der Waals surface area contributed by atoms with Crippen molar-refractivity contribution in [2.45, 2.75) is 19.4 Å². The number of fused-ring (bicyclic) bond motifs is 1. The topological polar surface area (TPSA) is 87.5 Å². The zero-order valence-electron chi connectivity index (χ0n) is 19.3. The van der Waals surface area contributed by atoms with Gasteiger partial charge in [-0.05, 0) is 67.2 Å². The number of nitrogens with zero attached hydrogens (tertiary/aromatic N) is 1. The van der Waals surface area contributed by atoms with E-state index < -0.39 is 5.91 Å². The number of rotatable bonds is 5. The van der Waals surface area contributed by atoms with E-state index in [1.807, 2.05) is 36.4 Å². The number of hydrogen-bond donors (Lipinski definition) is 3. The van der Waals surface area contributed by atoms with Crippen LogP contribution in [0.5, 0.6) is 0 Å². The molecule has 0 spiro atoms. The first-order valence-electron chi connectivity index (χ1n) is 11.7. The van der Waals surface area contributed by atoms with Gasteiger partial charge in [0, 0.05) is 23.4 Å². The number of likely N-dealkylation sites (tertiary alicyclic amines) is 1. The van der Waals surface area contributed by atoms with E-state index in [2.05, 4.69) is 51.6 Å². The van der Waals surface area contributed by atoms with Crippen molar-refractivity contribution in [2.24, 2.45) is 5.73 Å². The highest BCUT2D eigenvalue weighted by Crippen LogP contribution is 2.38. The second kappa shape index (κ2) is 9.88. The third-order valence-electron chi connectivity index (χ3n) is 6.23. The molecule has 1 fully saturated rings. The summed E-state index contributed by atoms with van der Waals surface area (Å²) in [6.07, 6.45) is 2.55. The van der Waals surface area contributed by atoms with Crippen LogP contribution < -0.4 is 16.4 Å². The number of primary amides is 1. The van der Waals surface area contributed by atoms with Crippen LogP contribution in [0.25, 0.3) is 11.3 Å². The molecule has 6 nitrogen and oxygen atoms in total. The van der Waals surface area contributed by atoms with Crippen molar-refractivity contribution in [1.29, 1.82) is 0 Å². The van der Waals surface area contributed by atoms with Gasteiger partial charge in [-0.3, -0.25) is 14.5 Å². The van der Waals surface area contributed by atoms with Gasteiger partial charge >= 0.3 is 0 Å². The molecule has 2 amide bonds. The molecule has 35 heavy (non-hydrogen) atoms. The smallest absolute Gasteiger partial charge is 0.293 e. The van der Waals surface area contributed by atoms with Crippen LogP contribution in [0.3, 0.4) is 0 Å². The number of benzene rings is 3. The maximum Gasteiger partial charge on any atom is 0.293 e. The second-order valence-corrected chi connectivity index (χ2v) is 8.75. The van der Waals surface area contributed by atoms with Gasteiger partial charge in [-0.15, -0.1) is 0 Å². The Hall–Kier alpha value is -4.34. The highest BCUT2D eigenvalue weighted by Gasteiger charge is 2.28. The van der Waals surface area contributed by atoms with Crippen molar-refractivity contribution in [3.05, 3.63) is 95.1 Å². The van der Waals surface area contributed by atoms with Gasteiger partial charge in [0.15, 0.2) is 0 Å². The Labute approximate surface area is 204 Å². The van der Waals surface area contributed by atoms with E-state index in [1.54, 1.807) is 12.1 Å². The normalized spacial score (nSPS) is 16.2. The summed E-state index contributed by atoms with van der Waals surface area (Å²) < 4.78 is 0. The third-order valence-corrected chi connectivity index (χ3v) is 6.23. The molecule has 0 unspecified atom stereocenters. The molecule has 0 saturated carbocycles. The highest BCUT2D eigenvalue weighted by atomic mass is 16.2. The van der Waals surface area contributed by atoms with Crippen LogP contribution in [0.4, 0.5) is 11.4 Å². The summed E-state index contributed by atoms with van der Waals surface area (Å²) in [7, 11) is 0. The molecule has 0 atom stereocenters. The predicted octanol–water partition coefficient (Wildman–Crippen LogP) is 4.05. The summed E-state index contributed by atoms with van der Waals surface area (Å²) in [5.41, 5.74) is 11.5. The van der Waals surface area contributed by atoms with Gasteiger partial charge in [0.1, 0.15) is 0 Å². The van der Waals surface area contributed by atoms with Crippen molar-refractivity contribution in [1.82, 2.24) is 4.90 Å². The minimum absolute atomic E-state index is 0.197. The van der Waals surface area contributed by atoms with Crippen LogP contribution in [-0.2, 0) is 16.1 Å². The fourth-order valence-corrected chi connectivity index (χ4v) is 4.55. The van der Waals surface area contributed by atoms with Crippen LogP contribution in [0.1, 0.15) is 35.1 Å². The number of amides is 2. The Bertz CT molecular complexity index is 1360. The molecule has 1 saturated heterocycles. The van der Waals surface area contributed by atoms with E-state index in [0.717, 1.165) is 42.1 Å². The van der Waals surface area contributed by atoms with Gasteiger partial charge < -0.3 is 16.4 Å². The van der Waals surface area contributed by atoms with Crippen molar-refractivity contribution in [3.8, 4) is 11.8 Å². The molecule has 0 aliphatic carbocycles. The van der Waals surface area contributed by atoms with Crippen LogP contribution >= 0.6 is 0 Å². The van der Waals surface area contributed by atoms with Crippen molar-refractivity contribution >= 4 is 34.5 Å².